The lowest BCUT2D eigenvalue weighted by molar-refractivity contribution is -0.116. The molecular weight excluding hydrogens is 286 g/mol. The fourth-order valence-electron chi connectivity index (χ4n) is 2.17. The van der Waals surface area contributed by atoms with Gasteiger partial charge in [-0.25, -0.2) is 0 Å². The molecule has 0 bridgehead atoms. The second-order valence-corrected chi connectivity index (χ2v) is 6.15. The van der Waals surface area contributed by atoms with Crippen molar-refractivity contribution in [3.05, 3.63) is 29.8 Å². The largest absolute Gasteiger partial charge is 0.337 e. The van der Waals surface area contributed by atoms with Crippen molar-refractivity contribution in [3.63, 3.8) is 0 Å². The predicted molar refractivity (Wildman–Crippen MR) is 86.6 cm³/mol. The van der Waals surface area contributed by atoms with E-state index < -0.39 is 0 Å². The van der Waals surface area contributed by atoms with Gasteiger partial charge < -0.3 is 16.0 Å². The van der Waals surface area contributed by atoms with E-state index in [4.69, 9.17) is 5.73 Å². The summed E-state index contributed by atoms with van der Waals surface area (Å²) < 4.78 is 0. The molecule has 2 amide bonds. The van der Waals surface area contributed by atoms with Gasteiger partial charge in [0.15, 0.2) is 0 Å². The number of nitrogens with two attached hydrogens (primary N) is 1. The Morgan fingerprint density at radius 1 is 1.29 bits per heavy atom. The van der Waals surface area contributed by atoms with E-state index >= 15 is 0 Å². The fourth-order valence-corrected chi connectivity index (χ4v) is 3.07. The molecule has 0 aromatic heterocycles. The van der Waals surface area contributed by atoms with Crippen LogP contribution in [-0.2, 0) is 4.79 Å². The van der Waals surface area contributed by atoms with Crippen molar-refractivity contribution >= 4 is 29.3 Å². The zero-order valence-corrected chi connectivity index (χ0v) is 12.8. The molecule has 0 saturated carbocycles. The summed E-state index contributed by atoms with van der Waals surface area (Å²) in [7, 11) is 0. The van der Waals surface area contributed by atoms with Crippen LogP contribution in [-0.4, -0.2) is 47.9 Å². The van der Waals surface area contributed by atoms with Crippen LogP contribution in [0.3, 0.4) is 0 Å². The molecule has 0 unspecified atom stereocenters. The highest BCUT2D eigenvalue weighted by molar-refractivity contribution is 7.99. The maximum absolute atomic E-state index is 12.4. The highest BCUT2D eigenvalue weighted by Gasteiger charge is 2.18. The van der Waals surface area contributed by atoms with Gasteiger partial charge in [-0.1, -0.05) is 6.07 Å². The Hall–Kier alpha value is -1.53. The smallest absolute Gasteiger partial charge is 0.253 e. The minimum Gasteiger partial charge on any atom is -0.337 e. The van der Waals surface area contributed by atoms with Crippen LogP contribution in [0.1, 0.15) is 23.2 Å². The molecule has 2 rings (SSSR count). The first-order chi connectivity index (χ1) is 10.2. The van der Waals surface area contributed by atoms with Crippen LogP contribution in [0.5, 0.6) is 0 Å². The molecular formula is C15H21N3O2S. The highest BCUT2D eigenvalue weighted by Crippen LogP contribution is 2.16. The number of hydrogen-bond acceptors (Lipinski definition) is 4. The number of hydrogen-bond donors (Lipinski definition) is 2. The first-order valence-corrected chi connectivity index (χ1v) is 8.33. The van der Waals surface area contributed by atoms with Gasteiger partial charge in [0.05, 0.1) is 0 Å². The van der Waals surface area contributed by atoms with Crippen molar-refractivity contribution < 1.29 is 9.59 Å². The third-order valence-electron chi connectivity index (χ3n) is 3.30. The molecule has 0 atom stereocenters. The number of thioether (sulfide) groups is 1. The van der Waals surface area contributed by atoms with Crippen LogP contribution in [0.2, 0.25) is 0 Å². The van der Waals surface area contributed by atoms with Gasteiger partial charge in [-0.15, -0.1) is 0 Å². The van der Waals surface area contributed by atoms with Crippen LogP contribution in [0.15, 0.2) is 24.3 Å². The standard InChI is InChI=1S/C15H21N3O2S/c16-6-2-5-14(19)17-13-4-1-3-12(11-13)15(20)18-7-9-21-10-8-18/h1,3-4,11H,2,5-10,16H2,(H,17,19). The Labute approximate surface area is 129 Å². The molecule has 1 heterocycles. The summed E-state index contributed by atoms with van der Waals surface area (Å²) in [5.41, 5.74) is 6.67. The van der Waals surface area contributed by atoms with Crippen LogP contribution >= 0.6 is 11.8 Å². The zero-order chi connectivity index (χ0) is 15.1. The Kier molecular flexibility index (Phi) is 6.07. The second-order valence-electron chi connectivity index (χ2n) is 4.93. The molecule has 1 aromatic rings. The summed E-state index contributed by atoms with van der Waals surface area (Å²) in [6, 6.07) is 7.12. The van der Waals surface area contributed by atoms with Gasteiger partial charge in [-0.2, -0.15) is 11.8 Å². The number of nitrogens with zero attached hydrogens (tertiary/aromatic N) is 1. The topological polar surface area (TPSA) is 75.4 Å². The average molecular weight is 307 g/mol. The summed E-state index contributed by atoms with van der Waals surface area (Å²) >= 11 is 1.87. The molecule has 6 heteroatoms. The number of carbonyl (C=O) groups is 2. The number of anilines is 1. The summed E-state index contributed by atoms with van der Waals surface area (Å²) in [5, 5.41) is 2.81. The van der Waals surface area contributed by atoms with Crippen molar-refractivity contribution in [1.82, 2.24) is 4.90 Å². The molecule has 0 spiro atoms. The third-order valence-corrected chi connectivity index (χ3v) is 4.24. The van der Waals surface area contributed by atoms with E-state index in [1.54, 1.807) is 24.3 Å². The monoisotopic (exact) mass is 307 g/mol. The molecule has 3 N–H and O–H groups in total. The van der Waals surface area contributed by atoms with E-state index in [0.29, 0.717) is 30.6 Å². The van der Waals surface area contributed by atoms with Crippen molar-refractivity contribution in [3.8, 4) is 0 Å². The van der Waals surface area contributed by atoms with Gasteiger partial charge in [0, 0.05) is 42.3 Å². The van der Waals surface area contributed by atoms with Crippen molar-refractivity contribution in [2.45, 2.75) is 12.8 Å². The Bertz CT molecular complexity index is 501. The van der Waals surface area contributed by atoms with Crippen molar-refractivity contribution in [2.75, 3.05) is 36.5 Å². The molecule has 1 aliphatic heterocycles. The SMILES string of the molecule is NCCCC(=O)Nc1cccc(C(=O)N2CCSCC2)c1. The normalized spacial score (nSPS) is 14.8. The van der Waals surface area contributed by atoms with Crippen LogP contribution in [0.4, 0.5) is 5.69 Å². The molecule has 21 heavy (non-hydrogen) atoms. The summed E-state index contributed by atoms with van der Waals surface area (Å²) in [6.07, 6.45) is 1.06. The third kappa shape index (κ3) is 4.75. The van der Waals surface area contributed by atoms with Crippen LogP contribution in [0.25, 0.3) is 0 Å². The Morgan fingerprint density at radius 3 is 2.76 bits per heavy atom. The lowest BCUT2D eigenvalue weighted by Gasteiger charge is -2.26. The first kappa shape index (κ1) is 15.9. The molecule has 1 aromatic carbocycles. The van der Waals surface area contributed by atoms with E-state index in [9.17, 15) is 9.59 Å². The van der Waals surface area contributed by atoms with Crippen molar-refractivity contribution in [1.29, 1.82) is 0 Å². The fraction of sp³-hybridized carbons (Fsp3) is 0.467. The number of amides is 2. The first-order valence-electron chi connectivity index (χ1n) is 7.17. The average Bonchev–Trinajstić information content (AvgIpc) is 2.53. The molecule has 5 nitrogen and oxygen atoms in total. The molecule has 114 valence electrons. The van der Waals surface area contributed by atoms with Gasteiger partial charge in [-0.3, -0.25) is 9.59 Å². The maximum atomic E-state index is 12.4. The summed E-state index contributed by atoms with van der Waals surface area (Å²) in [4.78, 5) is 26.0. The van der Waals surface area contributed by atoms with E-state index in [0.717, 1.165) is 24.6 Å². The minimum atomic E-state index is -0.0700. The van der Waals surface area contributed by atoms with Gasteiger partial charge in [-0.05, 0) is 31.2 Å². The number of benzene rings is 1. The van der Waals surface area contributed by atoms with E-state index in [1.807, 2.05) is 16.7 Å². The number of carbonyl (C=O) groups excluding carboxylic acids is 2. The summed E-state index contributed by atoms with van der Waals surface area (Å²) in [6.45, 7) is 2.08. The second kappa shape index (κ2) is 8.05. The molecule has 1 fully saturated rings. The molecule has 1 saturated heterocycles. The maximum Gasteiger partial charge on any atom is 0.253 e. The summed E-state index contributed by atoms with van der Waals surface area (Å²) in [5.74, 6) is 1.94. The minimum absolute atomic E-state index is 0.0355. The van der Waals surface area contributed by atoms with E-state index in [1.165, 1.54) is 0 Å². The van der Waals surface area contributed by atoms with Gasteiger partial charge in [0.25, 0.3) is 5.91 Å². The van der Waals surface area contributed by atoms with Gasteiger partial charge >= 0.3 is 0 Å². The lowest BCUT2D eigenvalue weighted by atomic mass is 10.1. The van der Waals surface area contributed by atoms with E-state index in [-0.39, 0.29) is 11.8 Å². The van der Waals surface area contributed by atoms with Gasteiger partial charge in [0.2, 0.25) is 5.91 Å². The lowest BCUT2D eigenvalue weighted by Crippen LogP contribution is -2.37. The molecule has 0 aliphatic carbocycles. The molecule has 1 aliphatic rings. The Balaban J connectivity index is 1.99. The highest BCUT2D eigenvalue weighted by atomic mass is 32.2. The van der Waals surface area contributed by atoms with E-state index in [2.05, 4.69) is 5.32 Å². The quantitative estimate of drug-likeness (QED) is 0.865. The van der Waals surface area contributed by atoms with Crippen LogP contribution < -0.4 is 11.1 Å². The van der Waals surface area contributed by atoms with Gasteiger partial charge in [0.1, 0.15) is 0 Å². The predicted octanol–water partition coefficient (Wildman–Crippen LogP) is 1.55. The van der Waals surface area contributed by atoms with Crippen LogP contribution in [0, 0.1) is 0 Å². The molecule has 0 radical (unpaired) electrons. The van der Waals surface area contributed by atoms with Crippen molar-refractivity contribution in [2.24, 2.45) is 5.73 Å². The number of rotatable bonds is 5. The Morgan fingerprint density at radius 2 is 2.05 bits per heavy atom. The zero-order valence-electron chi connectivity index (χ0n) is 12.0. The number of nitrogens with one attached hydrogen (secondary N) is 1.